The zero-order valence-corrected chi connectivity index (χ0v) is 14.2. The van der Waals surface area contributed by atoms with Crippen molar-refractivity contribution in [3.05, 3.63) is 0 Å². The van der Waals surface area contributed by atoms with Gasteiger partial charge in [-0.2, -0.15) is 0 Å². The highest BCUT2D eigenvalue weighted by Gasteiger charge is 2.23. The monoisotopic (exact) mass is 312 g/mol. The van der Waals surface area contributed by atoms with Gasteiger partial charge in [0, 0.05) is 32.6 Å². The molecule has 0 radical (unpaired) electrons. The Kier molecular flexibility index (Phi) is 6.64. The summed E-state index contributed by atoms with van der Waals surface area (Å²) in [5.41, 5.74) is -0.509. The number of piperidine rings is 1. The lowest BCUT2D eigenvalue weighted by Gasteiger charge is -2.31. The minimum absolute atomic E-state index is 0.0336. The number of hydrogen-bond acceptors (Lipinski definition) is 4. The van der Waals surface area contributed by atoms with Gasteiger partial charge in [-0.1, -0.05) is 0 Å². The summed E-state index contributed by atoms with van der Waals surface area (Å²) in [6, 6.07) is 0.138. The van der Waals surface area contributed by atoms with Gasteiger partial charge in [0.2, 0.25) is 5.91 Å². The number of ether oxygens (including phenoxy) is 1. The molecule has 22 heavy (non-hydrogen) atoms. The summed E-state index contributed by atoms with van der Waals surface area (Å²) < 4.78 is 5.23. The summed E-state index contributed by atoms with van der Waals surface area (Å²) in [7, 11) is 1.79. The number of hydrogen-bond donors (Lipinski definition) is 2. The average molecular weight is 312 g/mol. The van der Waals surface area contributed by atoms with E-state index in [0.717, 1.165) is 6.42 Å². The molecule has 0 aromatic rings. The lowest BCUT2D eigenvalue weighted by atomic mass is 10.1. The molecule has 1 heterocycles. The fraction of sp³-hybridized carbons (Fsp3) is 0.800. The summed E-state index contributed by atoms with van der Waals surface area (Å²) in [6.07, 6.45) is 1.29. The number of guanidine groups is 1. The Labute approximate surface area is 132 Å². The van der Waals surface area contributed by atoms with Gasteiger partial charge in [-0.25, -0.2) is 4.99 Å². The lowest BCUT2D eigenvalue weighted by molar-refractivity contribution is -0.152. The molecule has 126 valence electrons. The zero-order chi connectivity index (χ0) is 16.8. The first-order valence-corrected chi connectivity index (χ1v) is 7.72. The standard InChI is InChI=1S/C15H28N4O3/c1-6-16-14(17-9-13(21)22-15(2,3)4)18-11-7-8-12(20)19(5)10-11/h11H,6-10H2,1-5H3,(H2,16,17,18). The Bertz CT molecular complexity index is 429. The van der Waals surface area contributed by atoms with Crippen molar-refractivity contribution in [1.82, 2.24) is 15.5 Å². The van der Waals surface area contributed by atoms with Crippen LogP contribution in [0.5, 0.6) is 0 Å². The molecule has 0 aromatic carbocycles. The number of aliphatic imine (C=N–C) groups is 1. The Balaban J connectivity index is 2.55. The Morgan fingerprint density at radius 3 is 2.68 bits per heavy atom. The van der Waals surface area contributed by atoms with E-state index in [0.29, 0.717) is 25.5 Å². The summed E-state index contributed by atoms with van der Waals surface area (Å²) in [6.45, 7) is 8.74. The van der Waals surface area contributed by atoms with Gasteiger partial charge in [-0.05, 0) is 34.1 Å². The van der Waals surface area contributed by atoms with E-state index in [-0.39, 0.29) is 24.5 Å². The molecule has 0 aromatic heterocycles. The molecular formula is C15H28N4O3. The van der Waals surface area contributed by atoms with E-state index >= 15 is 0 Å². The molecule has 0 saturated carbocycles. The fourth-order valence-corrected chi connectivity index (χ4v) is 2.16. The quantitative estimate of drug-likeness (QED) is 0.449. The average Bonchev–Trinajstić information content (AvgIpc) is 2.38. The van der Waals surface area contributed by atoms with Crippen molar-refractivity contribution in [2.45, 2.75) is 52.2 Å². The summed E-state index contributed by atoms with van der Waals surface area (Å²) in [5, 5.41) is 6.37. The lowest BCUT2D eigenvalue weighted by Crippen LogP contribution is -2.51. The maximum atomic E-state index is 11.7. The third kappa shape index (κ3) is 6.78. The number of nitrogens with zero attached hydrogens (tertiary/aromatic N) is 2. The number of likely N-dealkylation sites (tertiary alicyclic amines) is 1. The first-order valence-electron chi connectivity index (χ1n) is 7.72. The number of nitrogens with one attached hydrogen (secondary N) is 2. The van der Waals surface area contributed by atoms with Crippen LogP contribution in [0, 0.1) is 0 Å². The second kappa shape index (κ2) is 8.00. The van der Waals surface area contributed by atoms with Crippen LogP contribution in [0.4, 0.5) is 0 Å². The van der Waals surface area contributed by atoms with Gasteiger partial charge in [0.1, 0.15) is 12.1 Å². The van der Waals surface area contributed by atoms with Gasteiger partial charge in [-0.15, -0.1) is 0 Å². The van der Waals surface area contributed by atoms with Crippen molar-refractivity contribution in [3.63, 3.8) is 0 Å². The Morgan fingerprint density at radius 1 is 1.45 bits per heavy atom. The highest BCUT2D eigenvalue weighted by molar-refractivity contribution is 5.83. The van der Waals surface area contributed by atoms with Crippen molar-refractivity contribution in [1.29, 1.82) is 0 Å². The van der Waals surface area contributed by atoms with Gasteiger partial charge in [0.05, 0.1) is 0 Å². The smallest absolute Gasteiger partial charge is 0.328 e. The summed E-state index contributed by atoms with van der Waals surface area (Å²) in [4.78, 5) is 29.2. The van der Waals surface area contributed by atoms with Crippen LogP contribution >= 0.6 is 0 Å². The van der Waals surface area contributed by atoms with Crippen LogP contribution in [0.2, 0.25) is 0 Å². The minimum atomic E-state index is -0.509. The molecule has 0 bridgehead atoms. The van der Waals surface area contributed by atoms with Crippen molar-refractivity contribution in [2.75, 3.05) is 26.7 Å². The third-order valence-corrected chi connectivity index (χ3v) is 3.10. The molecule has 2 N–H and O–H groups in total. The molecule has 0 spiro atoms. The summed E-state index contributed by atoms with van der Waals surface area (Å²) >= 11 is 0. The number of rotatable bonds is 4. The summed E-state index contributed by atoms with van der Waals surface area (Å²) in [5.74, 6) is 0.371. The van der Waals surface area contributed by atoms with Crippen LogP contribution in [-0.4, -0.2) is 61.1 Å². The second-order valence-electron chi connectivity index (χ2n) is 6.44. The number of likely N-dealkylation sites (N-methyl/N-ethyl adjacent to an activating group) is 1. The number of carbonyl (C=O) groups is 2. The predicted octanol–water partition coefficient (Wildman–Crippen LogP) is 0.504. The molecule has 1 rings (SSSR count). The maximum absolute atomic E-state index is 11.7. The molecule has 1 fully saturated rings. The molecule has 1 unspecified atom stereocenters. The molecule has 0 aliphatic carbocycles. The van der Waals surface area contributed by atoms with Gasteiger partial charge in [0.25, 0.3) is 0 Å². The molecule has 1 aliphatic heterocycles. The molecule has 1 saturated heterocycles. The van der Waals surface area contributed by atoms with Gasteiger partial charge in [-0.3, -0.25) is 9.59 Å². The number of amides is 1. The molecule has 1 atom stereocenters. The topological polar surface area (TPSA) is 83.0 Å². The first kappa shape index (κ1) is 18.3. The highest BCUT2D eigenvalue weighted by Crippen LogP contribution is 2.09. The van der Waals surface area contributed by atoms with Gasteiger partial charge >= 0.3 is 5.97 Å². The van der Waals surface area contributed by atoms with E-state index in [1.165, 1.54) is 0 Å². The largest absolute Gasteiger partial charge is 0.459 e. The van der Waals surface area contributed by atoms with Crippen molar-refractivity contribution < 1.29 is 14.3 Å². The van der Waals surface area contributed by atoms with E-state index in [1.54, 1.807) is 11.9 Å². The fourth-order valence-electron chi connectivity index (χ4n) is 2.16. The normalized spacial score (nSPS) is 19.9. The van der Waals surface area contributed by atoms with E-state index in [2.05, 4.69) is 15.6 Å². The molecule has 1 aliphatic rings. The van der Waals surface area contributed by atoms with Crippen molar-refractivity contribution >= 4 is 17.8 Å². The Morgan fingerprint density at radius 2 is 2.14 bits per heavy atom. The van der Waals surface area contributed by atoms with Crippen LogP contribution in [0.1, 0.15) is 40.5 Å². The minimum Gasteiger partial charge on any atom is -0.459 e. The van der Waals surface area contributed by atoms with Crippen LogP contribution in [0.3, 0.4) is 0 Å². The van der Waals surface area contributed by atoms with Gasteiger partial charge < -0.3 is 20.3 Å². The molecule has 7 heteroatoms. The predicted molar refractivity (Wildman–Crippen MR) is 85.6 cm³/mol. The van der Waals surface area contributed by atoms with E-state index in [1.807, 2.05) is 27.7 Å². The third-order valence-electron chi connectivity index (χ3n) is 3.10. The molecule has 1 amide bonds. The van der Waals surface area contributed by atoms with E-state index < -0.39 is 5.60 Å². The molecule has 7 nitrogen and oxygen atoms in total. The zero-order valence-electron chi connectivity index (χ0n) is 14.2. The molecular weight excluding hydrogens is 284 g/mol. The Hall–Kier alpha value is -1.79. The van der Waals surface area contributed by atoms with Crippen LogP contribution < -0.4 is 10.6 Å². The number of esters is 1. The van der Waals surface area contributed by atoms with Crippen molar-refractivity contribution in [2.24, 2.45) is 4.99 Å². The van der Waals surface area contributed by atoms with Crippen LogP contribution in [0.25, 0.3) is 0 Å². The van der Waals surface area contributed by atoms with Crippen LogP contribution in [-0.2, 0) is 14.3 Å². The van der Waals surface area contributed by atoms with Crippen molar-refractivity contribution in [3.8, 4) is 0 Å². The first-order chi connectivity index (χ1) is 10.2. The number of carbonyl (C=O) groups excluding carboxylic acids is 2. The SMILES string of the molecule is CCNC(=NCC(=O)OC(C)(C)C)NC1CCC(=O)N(C)C1. The second-order valence-corrected chi connectivity index (χ2v) is 6.44. The van der Waals surface area contributed by atoms with E-state index in [9.17, 15) is 9.59 Å². The highest BCUT2D eigenvalue weighted by atomic mass is 16.6. The van der Waals surface area contributed by atoms with Gasteiger partial charge in [0.15, 0.2) is 5.96 Å². The van der Waals surface area contributed by atoms with Crippen LogP contribution in [0.15, 0.2) is 4.99 Å². The maximum Gasteiger partial charge on any atom is 0.328 e. The van der Waals surface area contributed by atoms with E-state index in [4.69, 9.17) is 4.74 Å².